The Balaban J connectivity index is 0.00000149. The number of aromatic hydroxyl groups is 1. The third kappa shape index (κ3) is 5.87. The van der Waals surface area contributed by atoms with Gasteiger partial charge in [0, 0.05) is 31.6 Å². The van der Waals surface area contributed by atoms with Gasteiger partial charge in [-0.3, -0.25) is 0 Å². The third-order valence-corrected chi connectivity index (χ3v) is 4.98. The monoisotopic (exact) mass is 456 g/mol. The summed E-state index contributed by atoms with van der Waals surface area (Å²) in [5, 5.41) is 21.4. The van der Waals surface area contributed by atoms with Crippen LogP contribution < -0.4 is 5.32 Å². The summed E-state index contributed by atoms with van der Waals surface area (Å²) < 4.78 is 19.2. The Morgan fingerprint density at radius 2 is 1.91 bits per heavy atom. The van der Waals surface area contributed by atoms with Crippen molar-refractivity contribution in [1.82, 2.24) is 14.9 Å². The number of aliphatic hydroxyl groups is 1. The fourth-order valence-corrected chi connectivity index (χ4v) is 3.56. The Morgan fingerprint density at radius 1 is 1.18 bits per heavy atom. The molecule has 1 atom stereocenters. The van der Waals surface area contributed by atoms with Gasteiger partial charge in [0.2, 0.25) is 0 Å². The quantitative estimate of drug-likeness (QED) is 0.543. The number of ether oxygens (including phenoxy) is 1. The summed E-state index contributed by atoms with van der Waals surface area (Å²) in [5.74, 6) is 0.211. The zero-order chi connectivity index (χ0) is 24.2. The van der Waals surface area contributed by atoms with Crippen molar-refractivity contribution in [3.05, 3.63) is 48.3 Å². The molecule has 8 nitrogen and oxygen atoms in total. The van der Waals surface area contributed by atoms with Crippen LogP contribution in [0.15, 0.2) is 42.5 Å². The summed E-state index contributed by atoms with van der Waals surface area (Å²) in [6.45, 7) is 6.58. The van der Waals surface area contributed by atoms with E-state index in [1.165, 1.54) is 18.2 Å². The Labute approximate surface area is 192 Å². The number of hydrogen-bond donors (Lipinski definition) is 3. The van der Waals surface area contributed by atoms with Crippen molar-refractivity contribution in [3.8, 4) is 17.1 Å². The van der Waals surface area contributed by atoms with E-state index in [0.29, 0.717) is 24.4 Å². The summed E-state index contributed by atoms with van der Waals surface area (Å²) in [6, 6.07) is 11.1. The van der Waals surface area contributed by atoms with Crippen LogP contribution >= 0.6 is 0 Å². The predicted molar refractivity (Wildman–Crippen MR) is 125 cm³/mol. The molecule has 4 rings (SSSR count). The first kappa shape index (κ1) is 24.2. The molecule has 0 saturated carbocycles. The Kier molecular flexibility index (Phi) is 7.33. The number of rotatable bonds is 3. The number of hydrogen-bond acceptors (Lipinski definition) is 7. The van der Waals surface area contributed by atoms with Crippen LogP contribution in [0.25, 0.3) is 22.3 Å². The van der Waals surface area contributed by atoms with Gasteiger partial charge in [-0.05, 0) is 57.5 Å². The number of likely N-dealkylation sites (tertiary alicyclic amines) is 1. The molecule has 3 N–H and O–H groups in total. The van der Waals surface area contributed by atoms with Gasteiger partial charge in [-0.15, -0.1) is 0 Å². The van der Waals surface area contributed by atoms with Gasteiger partial charge in [0.25, 0.3) is 0 Å². The minimum absolute atomic E-state index is 0.0280. The first-order valence-corrected chi connectivity index (χ1v) is 10.6. The highest BCUT2D eigenvalue weighted by Gasteiger charge is 2.30. The van der Waals surface area contributed by atoms with E-state index >= 15 is 0 Å². The zero-order valence-electron chi connectivity index (χ0n) is 19.2. The lowest BCUT2D eigenvalue weighted by molar-refractivity contribution is 0.0293. The van der Waals surface area contributed by atoms with E-state index in [1.807, 2.05) is 45.0 Å². The van der Waals surface area contributed by atoms with Crippen molar-refractivity contribution in [1.29, 1.82) is 0 Å². The lowest BCUT2D eigenvalue weighted by atomic mass is 10.1. The Bertz CT molecular complexity index is 1130. The molecule has 0 spiro atoms. The molecule has 1 aliphatic rings. The first-order chi connectivity index (χ1) is 15.7. The molecule has 1 aromatic heterocycles. The highest BCUT2D eigenvalue weighted by molar-refractivity contribution is 5.91. The van der Waals surface area contributed by atoms with E-state index in [4.69, 9.17) is 9.84 Å². The number of aromatic nitrogens is 2. The van der Waals surface area contributed by atoms with Gasteiger partial charge in [-0.2, -0.15) is 0 Å². The molecule has 3 aromatic rings. The number of fused-ring (bicyclic) bond motifs is 1. The molecule has 0 radical (unpaired) electrons. The van der Waals surface area contributed by atoms with Crippen LogP contribution in [0, 0.1) is 5.82 Å². The number of nitrogens with zero attached hydrogens (tertiary/aromatic N) is 3. The molecule has 1 fully saturated rings. The number of amides is 1. The van der Waals surface area contributed by atoms with Gasteiger partial charge in [0.05, 0.1) is 11.1 Å². The number of carbonyl (C=O) groups excluding carboxylic acids is 1. The van der Waals surface area contributed by atoms with E-state index in [0.717, 1.165) is 18.9 Å². The smallest absolute Gasteiger partial charge is 0.410 e. The van der Waals surface area contributed by atoms with Crippen LogP contribution in [-0.4, -0.2) is 63.0 Å². The topological polar surface area (TPSA) is 108 Å². The Morgan fingerprint density at radius 3 is 2.64 bits per heavy atom. The number of aliphatic hydroxyl groups excluding tert-OH is 1. The highest BCUT2D eigenvalue weighted by atomic mass is 19.1. The number of phenolic OH excluding ortho intramolecular Hbond substituents is 1. The lowest BCUT2D eigenvalue weighted by Gasteiger charge is -2.24. The molecule has 2 heterocycles. The molecule has 33 heavy (non-hydrogen) atoms. The molecule has 0 bridgehead atoms. The average Bonchev–Trinajstić information content (AvgIpc) is 3.24. The van der Waals surface area contributed by atoms with Crippen LogP contribution in [0.1, 0.15) is 27.2 Å². The van der Waals surface area contributed by atoms with Gasteiger partial charge in [0.1, 0.15) is 23.0 Å². The van der Waals surface area contributed by atoms with Gasteiger partial charge in [-0.1, -0.05) is 12.1 Å². The highest BCUT2D eigenvalue weighted by Crippen LogP contribution is 2.31. The van der Waals surface area contributed by atoms with Crippen LogP contribution in [0.4, 0.5) is 15.0 Å². The van der Waals surface area contributed by atoms with E-state index in [-0.39, 0.29) is 29.3 Å². The minimum Gasteiger partial charge on any atom is -0.507 e. The molecule has 9 heteroatoms. The van der Waals surface area contributed by atoms with E-state index in [2.05, 4.69) is 15.3 Å². The second-order valence-corrected chi connectivity index (χ2v) is 8.63. The lowest BCUT2D eigenvalue weighted by Crippen LogP contribution is -2.36. The third-order valence-electron chi connectivity index (χ3n) is 4.98. The standard InChI is InChI=1S/C23H25FN4O3.CH4O/c1-23(2,3)31-22(30)28-11-10-15(13-28)25-20-16-6-4-5-7-18(16)26-21(27-20)17-12-14(24)8-9-19(17)29;1-2/h4-9,12,15,29H,10-11,13H2,1-3H3,(H,25,26,27);2H,1H3. The SMILES string of the molecule is CC(C)(C)OC(=O)N1CCC(Nc2nc(-c3cc(F)ccc3O)nc3ccccc23)C1.CO. The maximum atomic E-state index is 13.8. The number of anilines is 1. The van der Waals surface area contributed by atoms with Crippen molar-refractivity contribution in [2.24, 2.45) is 0 Å². The maximum Gasteiger partial charge on any atom is 0.410 e. The minimum atomic E-state index is -0.548. The molecule has 0 aliphatic carbocycles. The van der Waals surface area contributed by atoms with Crippen molar-refractivity contribution < 1.29 is 24.1 Å². The normalized spacial score (nSPS) is 15.7. The molecule has 1 unspecified atom stereocenters. The van der Waals surface area contributed by atoms with Crippen molar-refractivity contribution in [2.75, 3.05) is 25.5 Å². The largest absolute Gasteiger partial charge is 0.507 e. The summed E-state index contributed by atoms with van der Waals surface area (Å²) >= 11 is 0. The molecule has 1 aliphatic heterocycles. The number of phenols is 1. The van der Waals surface area contributed by atoms with Crippen LogP contribution in [-0.2, 0) is 4.74 Å². The van der Waals surface area contributed by atoms with Gasteiger partial charge < -0.3 is 25.2 Å². The summed E-state index contributed by atoms with van der Waals surface area (Å²) in [4.78, 5) is 23.1. The molecule has 1 amide bonds. The van der Waals surface area contributed by atoms with E-state index in [9.17, 15) is 14.3 Å². The van der Waals surface area contributed by atoms with Crippen LogP contribution in [0.5, 0.6) is 5.75 Å². The molecular formula is C24H29FN4O4. The van der Waals surface area contributed by atoms with Crippen molar-refractivity contribution in [2.45, 2.75) is 38.8 Å². The van der Waals surface area contributed by atoms with Crippen LogP contribution in [0.3, 0.4) is 0 Å². The maximum absolute atomic E-state index is 13.8. The summed E-state index contributed by atoms with van der Waals surface area (Å²) in [6.07, 6.45) is 0.396. The molecule has 176 valence electrons. The van der Waals surface area contributed by atoms with Gasteiger partial charge >= 0.3 is 6.09 Å². The van der Waals surface area contributed by atoms with Crippen molar-refractivity contribution in [3.63, 3.8) is 0 Å². The average molecular weight is 457 g/mol. The second kappa shape index (κ2) is 9.99. The first-order valence-electron chi connectivity index (χ1n) is 10.6. The second-order valence-electron chi connectivity index (χ2n) is 8.63. The number of carbonyl (C=O) groups is 1. The summed E-state index contributed by atoms with van der Waals surface area (Å²) in [7, 11) is 1.00. The number of benzene rings is 2. The number of para-hydroxylation sites is 1. The predicted octanol–water partition coefficient (Wildman–Crippen LogP) is 4.17. The van der Waals surface area contributed by atoms with E-state index < -0.39 is 11.4 Å². The zero-order valence-corrected chi connectivity index (χ0v) is 19.2. The van der Waals surface area contributed by atoms with Gasteiger partial charge in [0.15, 0.2) is 5.82 Å². The molecule has 2 aromatic carbocycles. The van der Waals surface area contributed by atoms with Crippen LogP contribution in [0.2, 0.25) is 0 Å². The molecular weight excluding hydrogens is 427 g/mol. The number of nitrogens with one attached hydrogen (secondary N) is 1. The fourth-order valence-electron chi connectivity index (χ4n) is 3.56. The van der Waals surface area contributed by atoms with Crippen molar-refractivity contribution >= 4 is 22.8 Å². The van der Waals surface area contributed by atoms with Gasteiger partial charge in [-0.25, -0.2) is 19.2 Å². The Hall–Kier alpha value is -3.46. The number of halogens is 1. The fraction of sp³-hybridized carbons (Fsp3) is 0.375. The summed E-state index contributed by atoms with van der Waals surface area (Å²) in [5.41, 5.74) is 0.337. The molecule has 1 saturated heterocycles. The van der Waals surface area contributed by atoms with E-state index in [1.54, 1.807) is 4.90 Å².